The Morgan fingerprint density at radius 1 is 1.35 bits per heavy atom. The van der Waals surface area contributed by atoms with E-state index in [-0.39, 0.29) is 0 Å². The Morgan fingerprint density at radius 2 is 2.24 bits per heavy atom. The second-order valence-electron chi connectivity index (χ2n) is 4.37. The van der Waals surface area contributed by atoms with Crippen molar-refractivity contribution in [3.8, 4) is 0 Å². The van der Waals surface area contributed by atoms with Gasteiger partial charge in [0.25, 0.3) is 0 Å². The molecule has 0 spiro atoms. The normalized spacial score (nSPS) is 12.0. The number of hydrogen-bond acceptors (Lipinski definition) is 1. The number of rotatable bonds is 5. The van der Waals surface area contributed by atoms with E-state index in [1.165, 1.54) is 22.2 Å². The van der Waals surface area contributed by atoms with E-state index in [1.54, 1.807) is 0 Å². The quantitative estimate of drug-likeness (QED) is 0.803. The molecule has 0 saturated heterocycles. The molecule has 0 bridgehead atoms. The third kappa shape index (κ3) is 3.13. The number of allylic oxidation sites excluding steroid dienone is 2. The van der Waals surface area contributed by atoms with Gasteiger partial charge in [-0.3, -0.25) is 0 Å². The molecule has 0 saturated carbocycles. The molecule has 2 aromatic rings. The first-order valence-corrected chi connectivity index (χ1v) is 6.26. The van der Waals surface area contributed by atoms with Crippen LogP contribution in [0.2, 0.25) is 0 Å². The molecule has 17 heavy (non-hydrogen) atoms. The zero-order valence-corrected chi connectivity index (χ0v) is 10.6. The van der Waals surface area contributed by atoms with Gasteiger partial charge in [0.1, 0.15) is 0 Å². The van der Waals surface area contributed by atoms with Crippen molar-refractivity contribution < 1.29 is 0 Å². The van der Waals surface area contributed by atoms with Gasteiger partial charge in [0.15, 0.2) is 0 Å². The van der Waals surface area contributed by atoms with Crippen molar-refractivity contribution in [3.05, 3.63) is 47.8 Å². The van der Waals surface area contributed by atoms with Gasteiger partial charge in [-0.15, -0.1) is 0 Å². The number of fused-ring (bicyclic) bond motifs is 1. The van der Waals surface area contributed by atoms with Gasteiger partial charge in [-0.1, -0.05) is 25.1 Å². The first-order valence-electron chi connectivity index (χ1n) is 6.26. The number of benzene rings is 1. The molecule has 0 atom stereocenters. The maximum absolute atomic E-state index is 3.42. The lowest BCUT2D eigenvalue weighted by Gasteiger charge is -2.06. The molecule has 0 aliphatic carbocycles. The van der Waals surface area contributed by atoms with Gasteiger partial charge in [0, 0.05) is 24.0 Å². The molecule has 90 valence electrons. The SMILES string of the molecule is CC/C=C(/C)NCCc1ccc2cc[nH]c2c1. The zero-order valence-electron chi connectivity index (χ0n) is 10.6. The van der Waals surface area contributed by atoms with Gasteiger partial charge in [-0.25, -0.2) is 0 Å². The molecular formula is C15H20N2. The highest BCUT2D eigenvalue weighted by molar-refractivity contribution is 5.79. The highest BCUT2D eigenvalue weighted by Gasteiger charge is 1.97. The highest BCUT2D eigenvalue weighted by Crippen LogP contribution is 2.14. The summed E-state index contributed by atoms with van der Waals surface area (Å²) in [5.74, 6) is 0. The molecule has 0 aliphatic heterocycles. The smallest absolute Gasteiger partial charge is 0.0456 e. The average molecular weight is 228 g/mol. The Hall–Kier alpha value is -1.70. The van der Waals surface area contributed by atoms with Crippen LogP contribution in [0.15, 0.2) is 42.2 Å². The van der Waals surface area contributed by atoms with E-state index < -0.39 is 0 Å². The van der Waals surface area contributed by atoms with E-state index in [2.05, 4.69) is 54.5 Å². The Morgan fingerprint density at radius 3 is 3.06 bits per heavy atom. The van der Waals surface area contributed by atoms with Gasteiger partial charge in [-0.2, -0.15) is 0 Å². The van der Waals surface area contributed by atoms with Gasteiger partial charge < -0.3 is 10.3 Å². The minimum absolute atomic E-state index is 0.995. The summed E-state index contributed by atoms with van der Waals surface area (Å²) in [6.45, 7) is 5.27. The van der Waals surface area contributed by atoms with Crippen LogP contribution >= 0.6 is 0 Å². The molecule has 1 heterocycles. The van der Waals surface area contributed by atoms with E-state index in [0.717, 1.165) is 19.4 Å². The summed E-state index contributed by atoms with van der Waals surface area (Å²) in [5, 5.41) is 4.71. The standard InChI is InChI=1S/C15H20N2/c1-3-4-12(2)16-9-7-13-5-6-14-8-10-17-15(14)11-13/h4-6,8,10-11,16-17H,3,7,9H2,1-2H3/b12-4-. The summed E-state index contributed by atoms with van der Waals surface area (Å²) in [6, 6.07) is 8.72. The van der Waals surface area contributed by atoms with E-state index in [9.17, 15) is 0 Å². The largest absolute Gasteiger partial charge is 0.388 e. The molecule has 0 aliphatic rings. The second-order valence-corrected chi connectivity index (χ2v) is 4.37. The summed E-state index contributed by atoms with van der Waals surface area (Å²) < 4.78 is 0. The monoisotopic (exact) mass is 228 g/mol. The summed E-state index contributed by atoms with van der Waals surface area (Å²) in [6.07, 6.45) is 6.35. The maximum atomic E-state index is 3.42. The second kappa shape index (κ2) is 5.58. The highest BCUT2D eigenvalue weighted by atomic mass is 14.9. The molecule has 0 amide bonds. The summed E-state index contributed by atoms with van der Waals surface area (Å²) in [4.78, 5) is 3.25. The molecule has 0 radical (unpaired) electrons. The third-order valence-corrected chi connectivity index (χ3v) is 2.95. The molecular weight excluding hydrogens is 208 g/mol. The first-order chi connectivity index (χ1) is 8.29. The molecule has 2 nitrogen and oxygen atoms in total. The van der Waals surface area contributed by atoms with E-state index in [1.807, 2.05) is 6.20 Å². The van der Waals surface area contributed by atoms with Gasteiger partial charge in [0.05, 0.1) is 0 Å². The van der Waals surface area contributed by atoms with Gasteiger partial charge in [0.2, 0.25) is 0 Å². The van der Waals surface area contributed by atoms with Crippen LogP contribution < -0.4 is 5.32 Å². The van der Waals surface area contributed by atoms with Crippen molar-refractivity contribution in [2.45, 2.75) is 26.7 Å². The summed E-state index contributed by atoms with van der Waals surface area (Å²) >= 11 is 0. The van der Waals surface area contributed by atoms with Crippen LogP contribution in [0.1, 0.15) is 25.8 Å². The lowest BCUT2D eigenvalue weighted by Crippen LogP contribution is -2.14. The van der Waals surface area contributed by atoms with Gasteiger partial charge in [-0.05, 0) is 42.8 Å². The third-order valence-electron chi connectivity index (χ3n) is 2.95. The van der Waals surface area contributed by atoms with Crippen LogP contribution in [0.25, 0.3) is 10.9 Å². The lowest BCUT2D eigenvalue weighted by atomic mass is 10.1. The van der Waals surface area contributed by atoms with Crippen LogP contribution in [0.3, 0.4) is 0 Å². The lowest BCUT2D eigenvalue weighted by molar-refractivity contribution is 0.783. The van der Waals surface area contributed by atoms with E-state index in [0.29, 0.717) is 0 Å². The molecule has 0 unspecified atom stereocenters. The number of aromatic amines is 1. The summed E-state index contributed by atoms with van der Waals surface area (Å²) in [7, 11) is 0. The fourth-order valence-corrected chi connectivity index (χ4v) is 2.03. The van der Waals surface area contributed by atoms with Gasteiger partial charge >= 0.3 is 0 Å². The van der Waals surface area contributed by atoms with Crippen LogP contribution in [0, 0.1) is 0 Å². The van der Waals surface area contributed by atoms with Crippen molar-refractivity contribution >= 4 is 10.9 Å². The summed E-state index contributed by atoms with van der Waals surface area (Å²) in [5.41, 5.74) is 3.87. The predicted molar refractivity (Wildman–Crippen MR) is 74.1 cm³/mol. The van der Waals surface area contributed by atoms with Crippen LogP contribution in [0.5, 0.6) is 0 Å². The predicted octanol–water partition coefficient (Wildman–Crippen LogP) is 3.61. The van der Waals surface area contributed by atoms with Crippen molar-refractivity contribution in [1.82, 2.24) is 10.3 Å². The number of nitrogens with one attached hydrogen (secondary N) is 2. The Kier molecular flexibility index (Phi) is 3.86. The number of hydrogen-bond donors (Lipinski definition) is 2. The van der Waals surface area contributed by atoms with E-state index >= 15 is 0 Å². The average Bonchev–Trinajstić information content (AvgIpc) is 2.76. The molecule has 2 rings (SSSR count). The Balaban J connectivity index is 1.92. The zero-order chi connectivity index (χ0) is 12.1. The first kappa shape index (κ1) is 11.8. The topological polar surface area (TPSA) is 27.8 Å². The van der Waals surface area contributed by atoms with Crippen molar-refractivity contribution in [3.63, 3.8) is 0 Å². The minimum Gasteiger partial charge on any atom is -0.388 e. The maximum Gasteiger partial charge on any atom is 0.0456 e. The number of H-pyrrole nitrogens is 1. The minimum atomic E-state index is 0.995. The van der Waals surface area contributed by atoms with Crippen molar-refractivity contribution in [1.29, 1.82) is 0 Å². The molecule has 0 fully saturated rings. The van der Waals surface area contributed by atoms with E-state index in [4.69, 9.17) is 0 Å². The fraction of sp³-hybridized carbons (Fsp3) is 0.333. The van der Waals surface area contributed by atoms with Crippen LogP contribution in [-0.4, -0.2) is 11.5 Å². The molecule has 1 aromatic heterocycles. The van der Waals surface area contributed by atoms with Crippen molar-refractivity contribution in [2.24, 2.45) is 0 Å². The number of aromatic nitrogens is 1. The fourth-order valence-electron chi connectivity index (χ4n) is 2.03. The van der Waals surface area contributed by atoms with Crippen LogP contribution in [-0.2, 0) is 6.42 Å². The Labute approximate surface area is 103 Å². The Bertz CT molecular complexity index is 508. The molecule has 2 N–H and O–H groups in total. The molecule has 2 heteroatoms. The van der Waals surface area contributed by atoms with Crippen LogP contribution in [0.4, 0.5) is 0 Å². The van der Waals surface area contributed by atoms with Crippen molar-refractivity contribution in [2.75, 3.05) is 6.54 Å². The molecule has 1 aromatic carbocycles.